The van der Waals surface area contributed by atoms with Gasteiger partial charge in [-0.1, -0.05) is 20.8 Å². The van der Waals surface area contributed by atoms with Gasteiger partial charge in [0.2, 0.25) is 0 Å². The summed E-state index contributed by atoms with van der Waals surface area (Å²) in [7, 11) is 0. The Morgan fingerprint density at radius 2 is 1.94 bits per heavy atom. The van der Waals surface area contributed by atoms with Gasteiger partial charge in [0.1, 0.15) is 5.82 Å². The van der Waals surface area contributed by atoms with Gasteiger partial charge in [0.15, 0.2) is 0 Å². The summed E-state index contributed by atoms with van der Waals surface area (Å²) in [5, 5.41) is 3.24. The zero-order valence-electron chi connectivity index (χ0n) is 10.4. The van der Waals surface area contributed by atoms with E-state index in [4.69, 9.17) is 0 Å². The van der Waals surface area contributed by atoms with Crippen LogP contribution in [0.25, 0.3) is 0 Å². The van der Waals surface area contributed by atoms with Crippen molar-refractivity contribution in [2.45, 2.75) is 26.2 Å². The number of rotatable bonds is 2. The fourth-order valence-electron chi connectivity index (χ4n) is 1.55. The van der Waals surface area contributed by atoms with Crippen LogP contribution >= 0.6 is 0 Å². The largest absolute Gasteiger partial charge is 0.339 e. The molecule has 0 aliphatic rings. The fraction of sp³-hybridized carbons (Fsp3) is 0.286. The molecule has 0 aliphatic heterocycles. The minimum Gasteiger partial charge on any atom is -0.339 e. The molecule has 0 fully saturated rings. The summed E-state index contributed by atoms with van der Waals surface area (Å²) in [6.07, 6.45) is 5.37. The van der Waals surface area contributed by atoms with Gasteiger partial charge < -0.3 is 5.32 Å². The van der Waals surface area contributed by atoms with Crippen LogP contribution in [0.3, 0.4) is 0 Å². The molecule has 2 rings (SSSR count). The van der Waals surface area contributed by atoms with E-state index in [1.807, 2.05) is 18.3 Å². The predicted octanol–water partition coefficient (Wildman–Crippen LogP) is 3.52. The second-order valence-corrected chi connectivity index (χ2v) is 5.05. The third-order valence-corrected chi connectivity index (χ3v) is 2.56. The average molecular weight is 227 g/mol. The second kappa shape index (κ2) is 4.53. The van der Waals surface area contributed by atoms with Gasteiger partial charge in [-0.3, -0.25) is 4.98 Å². The van der Waals surface area contributed by atoms with Crippen LogP contribution in [0.1, 0.15) is 26.3 Å². The first kappa shape index (κ1) is 11.6. The number of nitrogens with one attached hydrogen (secondary N) is 1. The van der Waals surface area contributed by atoms with E-state index in [1.54, 1.807) is 12.4 Å². The minimum absolute atomic E-state index is 0.133. The minimum atomic E-state index is 0.133. The maximum Gasteiger partial charge on any atom is 0.130 e. The first-order chi connectivity index (χ1) is 8.05. The van der Waals surface area contributed by atoms with Gasteiger partial charge in [0.25, 0.3) is 0 Å². The van der Waals surface area contributed by atoms with Crippen LogP contribution in [0, 0.1) is 0 Å². The smallest absolute Gasteiger partial charge is 0.130 e. The highest BCUT2D eigenvalue weighted by atomic mass is 15.0. The summed E-state index contributed by atoms with van der Waals surface area (Å²) >= 11 is 0. The molecule has 17 heavy (non-hydrogen) atoms. The van der Waals surface area contributed by atoms with Gasteiger partial charge in [0.05, 0.1) is 11.9 Å². The van der Waals surface area contributed by atoms with E-state index in [-0.39, 0.29) is 5.41 Å². The van der Waals surface area contributed by atoms with Crippen LogP contribution in [0.4, 0.5) is 11.5 Å². The van der Waals surface area contributed by atoms with E-state index >= 15 is 0 Å². The van der Waals surface area contributed by atoms with E-state index in [2.05, 4.69) is 48.2 Å². The lowest BCUT2D eigenvalue weighted by atomic mass is 9.88. The molecule has 2 aromatic rings. The molecule has 3 nitrogen and oxygen atoms in total. The van der Waals surface area contributed by atoms with Crippen molar-refractivity contribution in [3.63, 3.8) is 0 Å². The van der Waals surface area contributed by atoms with Crippen molar-refractivity contribution in [2.24, 2.45) is 0 Å². The van der Waals surface area contributed by atoms with Crippen molar-refractivity contribution >= 4 is 11.5 Å². The highest BCUT2D eigenvalue weighted by Gasteiger charge is 2.13. The first-order valence-electron chi connectivity index (χ1n) is 5.69. The molecule has 0 aromatic carbocycles. The summed E-state index contributed by atoms with van der Waals surface area (Å²) in [4.78, 5) is 8.37. The molecule has 0 spiro atoms. The molecule has 0 aliphatic carbocycles. The van der Waals surface area contributed by atoms with Gasteiger partial charge in [-0.25, -0.2) is 4.98 Å². The van der Waals surface area contributed by atoms with Crippen molar-refractivity contribution in [3.8, 4) is 0 Å². The average Bonchev–Trinajstić information content (AvgIpc) is 2.29. The number of hydrogen-bond acceptors (Lipinski definition) is 3. The molecule has 0 radical (unpaired) electrons. The van der Waals surface area contributed by atoms with Gasteiger partial charge in [-0.05, 0) is 35.2 Å². The highest BCUT2D eigenvalue weighted by Crippen LogP contribution is 2.24. The first-order valence-corrected chi connectivity index (χ1v) is 5.69. The Morgan fingerprint density at radius 1 is 1.12 bits per heavy atom. The molecular weight excluding hydrogens is 210 g/mol. The Labute approximate surface area is 102 Å². The maximum atomic E-state index is 4.31. The van der Waals surface area contributed by atoms with Crippen molar-refractivity contribution < 1.29 is 0 Å². The van der Waals surface area contributed by atoms with Crippen LogP contribution < -0.4 is 5.32 Å². The van der Waals surface area contributed by atoms with E-state index in [0.717, 1.165) is 11.5 Å². The van der Waals surface area contributed by atoms with Crippen molar-refractivity contribution in [3.05, 3.63) is 48.4 Å². The quantitative estimate of drug-likeness (QED) is 0.853. The molecule has 0 saturated heterocycles. The number of pyridine rings is 2. The SMILES string of the molecule is CC(C)(C)c1ccnc(Nc2cccnc2)c1. The molecule has 3 heteroatoms. The summed E-state index contributed by atoms with van der Waals surface area (Å²) in [5.41, 5.74) is 2.35. The Morgan fingerprint density at radius 3 is 2.59 bits per heavy atom. The number of anilines is 2. The Bertz CT molecular complexity index is 486. The zero-order valence-corrected chi connectivity index (χ0v) is 10.4. The van der Waals surface area contributed by atoms with Crippen LogP contribution in [0.15, 0.2) is 42.9 Å². The second-order valence-electron chi connectivity index (χ2n) is 5.05. The van der Waals surface area contributed by atoms with Crippen molar-refractivity contribution in [1.29, 1.82) is 0 Å². The van der Waals surface area contributed by atoms with Gasteiger partial charge in [-0.2, -0.15) is 0 Å². The standard InChI is InChI=1S/C14H17N3/c1-14(2,3)11-6-8-16-13(9-11)17-12-5-4-7-15-10-12/h4-10H,1-3H3,(H,16,17). The van der Waals surface area contributed by atoms with Crippen LogP contribution in [-0.4, -0.2) is 9.97 Å². The Balaban J connectivity index is 2.23. The zero-order chi connectivity index (χ0) is 12.3. The summed E-state index contributed by atoms with van der Waals surface area (Å²) in [6, 6.07) is 8.00. The van der Waals surface area contributed by atoms with Crippen molar-refractivity contribution in [1.82, 2.24) is 9.97 Å². The summed E-state index contributed by atoms with van der Waals surface area (Å²) in [5.74, 6) is 0.852. The molecule has 2 heterocycles. The van der Waals surface area contributed by atoms with Gasteiger partial charge in [0, 0.05) is 12.4 Å². The monoisotopic (exact) mass is 227 g/mol. The normalized spacial score (nSPS) is 11.2. The van der Waals surface area contributed by atoms with E-state index in [1.165, 1.54) is 5.56 Å². The lowest BCUT2D eigenvalue weighted by molar-refractivity contribution is 0.589. The molecule has 2 aromatic heterocycles. The number of nitrogens with zero attached hydrogens (tertiary/aromatic N) is 2. The molecule has 0 atom stereocenters. The highest BCUT2D eigenvalue weighted by molar-refractivity contribution is 5.55. The number of aromatic nitrogens is 2. The third-order valence-electron chi connectivity index (χ3n) is 2.56. The van der Waals surface area contributed by atoms with Gasteiger partial charge in [-0.15, -0.1) is 0 Å². The Kier molecular flexibility index (Phi) is 3.09. The molecule has 0 unspecified atom stereocenters. The fourth-order valence-corrected chi connectivity index (χ4v) is 1.55. The third kappa shape index (κ3) is 3.03. The summed E-state index contributed by atoms with van der Waals surface area (Å²) in [6.45, 7) is 6.57. The maximum absolute atomic E-state index is 4.31. The lowest BCUT2D eigenvalue weighted by Crippen LogP contribution is -2.11. The van der Waals surface area contributed by atoms with E-state index in [0.29, 0.717) is 0 Å². The lowest BCUT2D eigenvalue weighted by Gasteiger charge is -2.19. The number of hydrogen-bond donors (Lipinski definition) is 1. The van der Waals surface area contributed by atoms with Crippen LogP contribution in [0.2, 0.25) is 0 Å². The van der Waals surface area contributed by atoms with Crippen LogP contribution in [0.5, 0.6) is 0 Å². The predicted molar refractivity (Wildman–Crippen MR) is 70.5 cm³/mol. The molecule has 0 saturated carbocycles. The molecule has 0 amide bonds. The van der Waals surface area contributed by atoms with E-state index < -0.39 is 0 Å². The molecule has 1 N–H and O–H groups in total. The topological polar surface area (TPSA) is 37.8 Å². The van der Waals surface area contributed by atoms with E-state index in [9.17, 15) is 0 Å². The molecule has 88 valence electrons. The molecule has 0 bridgehead atoms. The molecular formula is C14H17N3. The van der Waals surface area contributed by atoms with Gasteiger partial charge >= 0.3 is 0 Å². The van der Waals surface area contributed by atoms with Crippen molar-refractivity contribution in [2.75, 3.05) is 5.32 Å². The van der Waals surface area contributed by atoms with Crippen LogP contribution in [-0.2, 0) is 5.41 Å². The summed E-state index contributed by atoms with van der Waals surface area (Å²) < 4.78 is 0. The Hall–Kier alpha value is -1.90.